The Morgan fingerprint density at radius 3 is 2.81 bits per heavy atom. The molecule has 0 radical (unpaired) electrons. The fourth-order valence-corrected chi connectivity index (χ4v) is 4.27. The van der Waals surface area contributed by atoms with Crippen LogP contribution in [0.5, 0.6) is 0 Å². The summed E-state index contributed by atoms with van der Waals surface area (Å²) in [6.07, 6.45) is 0.745. The first kappa shape index (κ1) is 21.1. The molecular formula is C23H20ClN3O3S. The molecule has 158 valence electrons. The Hall–Kier alpha value is -3.16. The van der Waals surface area contributed by atoms with E-state index in [1.165, 1.54) is 11.3 Å². The molecule has 3 aromatic rings. The highest BCUT2D eigenvalue weighted by Crippen LogP contribution is 2.34. The molecule has 1 aliphatic heterocycles. The highest BCUT2D eigenvalue weighted by atomic mass is 35.5. The molecule has 0 amide bonds. The maximum absolute atomic E-state index is 12.2. The molecule has 0 unspecified atom stereocenters. The SMILES string of the molecule is CCCOC(=O)c1cccc(N2CC(O)=C(c3nc(-c4ccc(Cl)cc4)cs3)C2=N)c1. The van der Waals surface area contributed by atoms with Crippen LogP contribution in [0.3, 0.4) is 0 Å². The molecule has 0 aliphatic carbocycles. The summed E-state index contributed by atoms with van der Waals surface area (Å²) in [6, 6.07) is 14.2. The third-order valence-electron chi connectivity index (χ3n) is 4.79. The number of aliphatic hydroxyl groups excluding tert-OH is 1. The Labute approximate surface area is 188 Å². The van der Waals surface area contributed by atoms with Gasteiger partial charge in [-0.3, -0.25) is 5.41 Å². The van der Waals surface area contributed by atoms with Gasteiger partial charge in [0.2, 0.25) is 0 Å². The minimum atomic E-state index is -0.403. The summed E-state index contributed by atoms with van der Waals surface area (Å²) in [5.41, 5.74) is 3.10. The highest BCUT2D eigenvalue weighted by Gasteiger charge is 2.31. The van der Waals surface area contributed by atoms with Crippen molar-refractivity contribution in [1.29, 1.82) is 5.41 Å². The molecule has 4 rings (SSSR count). The van der Waals surface area contributed by atoms with Crippen molar-refractivity contribution in [1.82, 2.24) is 4.98 Å². The second-order valence-corrected chi connectivity index (χ2v) is 8.28. The Bertz CT molecular complexity index is 1170. The van der Waals surface area contributed by atoms with Crippen molar-refractivity contribution >= 4 is 46.0 Å². The number of hydrogen-bond donors (Lipinski definition) is 2. The first-order valence-corrected chi connectivity index (χ1v) is 11.0. The zero-order chi connectivity index (χ0) is 22.0. The first-order chi connectivity index (χ1) is 15.0. The molecular weight excluding hydrogens is 434 g/mol. The first-order valence-electron chi connectivity index (χ1n) is 9.75. The van der Waals surface area contributed by atoms with E-state index in [1.807, 2.05) is 24.4 Å². The summed E-state index contributed by atoms with van der Waals surface area (Å²) in [5.74, 6) is -0.200. The number of carbonyl (C=O) groups excluding carboxylic acids is 1. The molecule has 0 fully saturated rings. The van der Waals surface area contributed by atoms with E-state index in [-0.39, 0.29) is 18.1 Å². The molecule has 2 N–H and O–H groups in total. The zero-order valence-electron chi connectivity index (χ0n) is 16.8. The number of amidine groups is 1. The van der Waals surface area contributed by atoms with Gasteiger partial charge in [-0.2, -0.15) is 0 Å². The third kappa shape index (κ3) is 4.33. The van der Waals surface area contributed by atoms with Crippen LogP contribution in [0.4, 0.5) is 5.69 Å². The van der Waals surface area contributed by atoms with Crippen LogP contribution in [0.1, 0.15) is 28.7 Å². The fraction of sp³-hybridized carbons (Fsp3) is 0.174. The van der Waals surface area contributed by atoms with Gasteiger partial charge < -0.3 is 14.7 Å². The number of thiazole rings is 1. The minimum absolute atomic E-state index is 0.0703. The fourth-order valence-electron chi connectivity index (χ4n) is 3.25. The Balaban J connectivity index is 1.57. The molecule has 31 heavy (non-hydrogen) atoms. The van der Waals surface area contributed by atoms with Crippen molar-refractivity contribution in [3.63, 3.8) is 0 Å². The third-order valence-corrected chi connectivity index (χ3v) is 5.90. The lowest BCUT2D eigenvalue weighted by molar-refractivity contribution is 0.0505. The second kappa shape index (κ2) is 8.91. The van der Waals surface area contributed by atoms with Gasteiger partial charge >= 0.3 is 5.97 Å². The molecule has 0 saturated carbocycles. The largest absolute Gasteiger partial charge is 0.510 e. The van der Waals surface area contributed by atoms with Crippen LogP contribution in [-0.4, -0.2) is 35.0 Å². The van der Waals surface area contributed by atoms with Gasteiger partial charge in [0.1, 0.15) is 16.6 Å². The van der Waals surface area contributed by atoms with Gasteiger partial charge in [0, 0.05) is 21.7 Å². The van der Waals surface area contributed by atoms with Gasteiger partial charge in [-0.15, -0.1) is 11.3 Å². The van der Waals surface area contributed by atoms with Crippen LogP contribution in [-0.2, 0) is 4.74 Å². The average molecular weight is 454 g/mol. The van der Waals surface area contributed by atoms with E-state index in [0.29, 0.717) is 33.5 Å². The number of anilines is 1. The van der Waals surface area contributed by atoms with Crippen LogP contribution in [0.25, 0.3) is 16.8 Å². The van der Waals surface area contributed by atoms with Gasteiger partial charge in [-0.05, 0) is 36.8 Å². The zero-order valence-corrected chi connectivity index (χ0v) is 18.3. The number of nitrogens with zero attached hydrogens (tertiary/aromatic N) is 2. The molecule has 8 heteroatoms. The van der Waals surface area contributed by atoms with Crippen LogP contribution >= 0.6 is 22.9 Å². The van der Waals surface area contributed by atoms with Crippen LogP contribution in [0.15, 0.2) is 59.7 Å². The second-order valence-electron chi connectivity index (χ2n) is 6.99. The lowest BCUT2D eigenvalue weighted by atomic mass is 10.1. The highest BCUT2D eigenvalue weighted by molar-refractivity contribution is 7.11. The smallest absolute Gasteiger partial charge is 0.338 e. The molecule has 1 aliphatic rings. The van der Waals surface area contributed by atoms with Crippen LogP contribution in [0, 0.1) is 5.41 Å². The molecule has 0 spiro atoms. The van der Waals surface area contributed by atoms with Gasteiger partial charge in [0.15, 0.2) is 0 Å². The molecule has 0 bridgehead atoms. The summed E-state index contributed by atoms with van der Waals surface area (Å²) in [7, 11) is 0. The van der Waals surface area contributed by atoms with Gasteiger partial charge in [-0.1, -0.05) is 36.7 Å². The quantitative estimate of drug-likeness (QED) is 0.461. The Kier molecular flexibility index (Phi) is 6.06. The molecule has 0 saturated heterocycles. The van der Waals surface area contributed by atoms with Crippen molar-refractivity contribution < 1.29 is 14.6 Å². The van der Waals surface area contributed by atoms with Crippen molar-refractivity contribution in [2.45, 2.75) is 13.3 Å². The summed E-state index contributed by atoms with van der Waals surface area (Å²) in [5, 5.41) is 22.3. The standard InChI is InChI=1S/C23H20ClN3O3S/c1-2-10-30-23(29)15-4-3-5-17(11-15)27-12-19(28)20(21(27)25)22-26-18(13-31-22)14-6-8-16(24)9-7-14/h3-9,11,13,25,28H,2,10,12H2,1H3. The van der Waals surface area contributed by atoms with E-state index in [0.717, 1.165) is 17.7 Å². The van der Waals surface area contributed by atoms with Crippen molar-refractivity contribution in [3.05, 3.63) is 75.3 Å². The van der Waals surface area contributed by atoms with E-state index in [2.05, 4.69) is 4.98 Å². The van der Waals surface area contributed by atoms with Crippen molar-refractivity contribution in [3.8, 4) is 11.3 Å². The number of ether oxygens (including phenoxy) is 1. The maximum Gasteiger partial charge on any atom is 0.338 e. The molecule has 2 heterocycles. The maximum atomic E-state index is 12.2. The summed E-state index contributed by atoms with van der Waals surface area (Å²) in [4.78, 5) is 18.5. The number of rotatable bonds is 6. The van der Waals surface area contributed by atoms with E-state index in [1.54, 1.807) is 41.3 Å². The predicted molar refractivity (Wildman–Crippen MR) is 124 cm³/mol. The van der Waals surface area contributed by atoms with Crippen LogP contribution < -0.4 is 4.90 Å². The number of carbonyl (C=O) groups is 1. The normalized spacial score (nSPS) is 13.7. The molecule has 0 atom stereocenters. The van der Waals surface area contributed by atoms with Gasteiger partial charge in [0.05, 0.1) is 30.0 Å². The monoisotopic (exact) mass is 453 g/mol. The lowest BCUT2D eigenvalue weighted by Gasteiger charge is -2.19. The van der Waals surface area contributed by atoms with Crippen molar-refractivity contribution in [2.75, 3.05) is 18.1 Å². The topological polar surface area (TPSA) is 86.5 Å². The number of hydrogen-bond acceptors (Lipinski definition) is 6. The Morgan fingerprint density at radius 1 is 1.29 bits per heavy atom. The summed E-state index contributed by atoms with van der Waals surface area (Å²) >= 11 is 7.32. The Morgan fingerprint density at radius 2 is 2.06 bits per heavy atom. The number of aliphatic hydroxyl groups is 1. The van der Waals surface area contributed by atoms with E-state index in [9.17, 15) is 9.90 Å². The van der Waals surface area contributed by atoms with E-state index in [4.69, 9.17) is 21.7 Å². The molecule has 6 nitrogen and oxygen atoms in total. The number of benzene rings is 2. The van der Waals surface area contributed by atoms with E-state index >= 15 is 0 Å². The average Bonchev–Trinajstić information content (AvgIpc) is 3.36. The van der Waals surface area contributed by atoms with Crippen LogP contribution in [0.2, 0.25) is 5.02 Å². The van der Waals surface area contributed by atoms with Crippen molar-refractivity contribution in [2.24, 2.45) is 0 Å². The summed E-state index contributed by atoms with van der Waals surface area (Å²) in [6.45, 7) is 2.43. The van der Waals surface area contributed by atoms with Gasteiger partial charge in [-0.25, -0.2) is 9.78 Å². The minimum Gasteiger partial charge on any atom is -0.510 e. The van der Waals surface area contributed by atoms with Gasteiger partial charge in [0.25, 0.3) is 0 Å². The lowest BCUT2D eigenvalue weighted by Crippen LogP contribution is -2.26. The van der Waals surface area contributed by atoms with E-state index < -0.39 is 5.97 Å². The molecule has 2 aromatic carbocycles. The predicted octanol–water partition coefficient (Wildman–Crippen LogP) is 5.80. The number of nitrogens with one attached hydrogen (secondary N) is 1. The molecule has 1 aromatic heterocycles. The number of halogens is 1. The number of aromatic nitrogens is 1. The number of esters is 1. The summed E-state index contributed by atoms with van der Waals surface area (Å²) < 4.78 is 5.20.